The van der Waals surface area contributed by atoms with Crippen molar-refractivity contribution in [3.05, 3.63) is 48.0 Å². The summed E-state index contributed by atoms with van der Waals surface area (Å²) in [6.45, 7) is 10.9. The van der Waals surface area contributed by atoms with Crippen LogP contribution < -0.4 is 0 Å². The molecule has 0 fully saturated rings. The molecular weight excluding hydrogens is 382 g/mol. The van der Waals surface area contributed by atoms with Crippen LogP contribution in [0.15, 0.2) is 30.5 Å². The van der Waals surface area contributed by atoms with Crippen LogP contribution in [0.2, 0.25) is 0 Å². The second kappa shape index (κ2) is 11.0. The Morgan fingerprint density at radius 2 is 2.00 bits per heavy atom. The molecular formula is C27H40N3O. The maximum atomic E-state index is 12.9. The van der Waals surface area contributed by atoms with Crippen molar-refractivity contribution in [2.24, 2.45) is 5.92 Å². The molecule has 0 spiro atoms. The van der Waals surface area contributed by atoms with E-state index < -0.39 is 0 Å². The Labute approximate surface area is 188 Å². The van der Waals surface area contributed by atoms with E-state index in [4.69, 9.17) is 0 Å². The zero-order chi connectivity index (χ0) is 22.4. The van der Waals surface area contributed by atoms with Gasteiger partial charge in [0.05, 0.1) is 5.92 Å². The number of hydrogen-bond acceptors (Lipinski definition) is 2. The quantitative estimate of drug-likeness (QED) is 0.582. The third-order valence-corrected chi connectivity index (χ3v) is 6.71. The number of nitrogens with zero attached hydrogens (tertiary/aromatic N) is 2. The fourth-order valence-corrected chi connectivity index (χ4v) is 4.93. The van der Waals surface area contributed by atoms with E-state index in [1.807, 2.05) is 4.90 Å². The van der Waals surface area contributed by atoms with Gasteiger partial charge in [-0.3, -0.25) is 9.69 Å². The Balaban J connectivity index is 0.000000339. The molecule has 4 nitrogen and oxygen atoms in total. The summed E-state index contributed by atoms with van der Waals surface area (Å²) in [4.78, 5) is 20.6. The minimum atomic E-state index is -0.0445. The summed E-state index contributed by atoms with van der Waals surface area (Å²) in [5.74, 6) is 0.210. The summed E-state index contributed by atoms with van der Waals surface area (Å²) in [6, 6.07) is 6.82. The van der Waals surface area contributed by atoms with Crippen molar-refractivity contribution < 1.29 is 4.79 Å². The van der Waals surface area contributed by atoms with Crippen LogP contribution in [-0.4, -0.2) is 53.4 Å². The predicted molar refractivity (Wildman–Crippen MR) is 132 cm³/mol. The fourth-order valence-electron chi connectivity index (χ4n) is 4.93. The first-order valence-electron chi connectivity index (χ1n) is 12.2. The first kappa shape index (κ1) is 23.6. The van der Waals surface area contributed by atoms with Crippen molar-refractivity contribution >= 4 is 22.4 Å². The summed E-state index contributed by atoms with van der Waals surface area (Å²) in [7, 11) is 2.15. The minimum Gasteiger partial charge on any atom is -0.361 e. The van der Waals surface area contributed by atoms with Gasteiger partial charge in [0.25, 0.3) is 0 Å². The number of nitrogens with one attached hydrogen (secondary N) is 1. The Bertz CT molecular complexity index is 889. The lowest BCUT2D eigenvalue weighted by atomic mass is 9.79. The van der Waals surface area contributed by atoms with Gasteiger partial charge < -0.3 is 9.88 Å². The van der Waals surface area contributed by atoms with E-state index in [-0.39, 0.29) is 11.8 Å². The van der Waals surface area contributed by atoms with Crippen molar-refractivity contribution in [3.63, 3.8) is 0 Å². The normalized spacial score (nSPS) is 20.0. The van der Waals surface area contributed by atoms with E-state index in [0.717, 1.165) is 26.1 Å². The van der Waals surface area contributed by atoms with E-state index >= 15 is 0 Å². The predicted octanol–water partition coefficient (Wildman–Crippen LogP) is 5.70. The lowest BCUT2D eigenvalue weighted by molar-refractivity contribution is -0.134. The third-order valence-electron chi connectivity index (χ3n) is 6.71. The average Bonchev–Trinajstić information content (AvgIpc) is 3.20. The number of benzene rings is 1. The highest BCUT2D eigenvalue weighted by Crippen LogP contribution is 2.40. The number of aromatic amines is 1. The zero-order valence-electron chi connectivity index (χ0n) is 20.1. The lowest BCUT2D eigenvalue weighted by Crippen LogP contribution is -2.47. The Morgan fingerprint density at radius 1 is 1.23 bits per heavy atom. The standard InChI is InChI=1S/C20H25N3O.C7H15/c1-4-23(5-2)20(24)14-9-16-15-7-6-8-17-19(15)13(11-21-17)10-18(16)22(3)12-14;1-3-5-7-6-4-2/h6-9,11,14,18,21H,4-5,10,12H2,1-3H3;5H,3-4,6-7H2,1-2H3/t14-,18-;/m1./s1. The summed E-state index contributed by atoms with van der Waals surface area (Å²) in [5.41, 5.74) is 5.21. The first-order chi connectivity index (χ1) is 15.0. The largest absolute Gasteiger partial charge is 0.361 e. The monoisotopic (exact) mass is 422 g/mol. The van der Waals surface area contributed by atoms with Gasteiger partial charge in [0.1, 0.15) is 0 Å². The number of aromatic nitrogens is 1. The molecule has 4 heteroatoms. The Morgan fingerprint density at radius 3 is 2.68 bits per heavy atom. The summed E-state index contributed by atoms with van der Waals surface area (Å²) in [5, 5.41) is 1.34. The number of hydrogen-bond donors (Lipinski definition) is 1. The van der Waals surface area contributed by atoms with Crippen LogP contribution in [0, 0.1) is 12.3 Å². The number of carbonyl (C=O) groups is 1. The molecule has 1 aliphatic carbocycles. The second-order valence-corrected chi connectivity index (χ2v) is 8.78. The summed E-state index contributed by atoms with van der Waals surface area (Å²) >= 11 is 0. The Kier molecular flexibility index (Phi) is 8.36. The lowest BCUT2D eigenvalue weighted by Gasteiger charge is -2.40. The molecule has 31 heavy (non-hydrogen) atoms. The topological polar surface area (TPSA) is 39.3 Å². The van der Waals surface area contributed by atoms with Gasteiger partial charge in [0.15, 0.2) is 0 Å². The van der Waals surface area contributed by atoms with Crippen molar-refractivity contribution in [2.75, 3.05) is 26.7 Å². The number of carbonyl (C=O) groups excluding carboxylic acids is 1. The van der Waals surface area contributed by atoms with Crippen LogP contribution in [-0.2, 0) is 11.2 Å². The number of likely N-dealkylation sites (N-methyl/N-ethyl adjacent to an activating group) is 1. The van der Waals surface area contributed by atoms with E-state index in [1.165, 1.54) is 53.3 Å². The van der Waals surface area contributed by atoms with Crippen LogP contribution in [0.5, 0.6) is 0 Å². The maximum absolute atomic E-state index is 12.9. The van der Waals surface area contributed by atoms with Crippen molar-refractivity contribution in [2.45, 2.75) is 65.8 Å². The fraction of sp³-hybridized carbons (Fsp3) is 0.556. The molecule has 0 saturated heterocycles. The van der Waals surface area contributed by atoms with E-state index in [0.29, 0.717) is 6.04 Å². The molecule has 1 aliphatic heterocycles. The summed E-state index contributed by atoms with van der Waals surface area (Å²) in [6.07, 6.45) is 13.0. The molecule has 0 unspecified atom stereocenters. The molecule has 2 aromatic rings. The Hall–Kier alpha value is -2.07. The van der Waals surface area contributed by atoms with E-state index in [9.17, 15) is 4.79 Å². The van der Waals surface area contributed by atoms with Crippen LogP contribution >= 0.6 is 0 Å². The first-order valence-corrected chi connectivity index (χ1v) is 12.2. The molecule has 4 rings (SSSR count). The van der Waals surface area contributed by atoms with Crippen molar-refractivity contribution in [1.29, 1.82) is 0 Å². The van der Waals surface area contributed by atoms with Gasteiger partial charge in [-0.2, -0.15) is 0 Å². The van der Waals surface area contributed by atoms with Crippen LogP contribution in [0.3, 0.4) is 0 Å². The minimum absolute atomic E-state index is 0.0445. The highest BCUT2D eigenvalue weighted by Gasteiger charge is 2.36. The molecule has 0 bridgehead atoms. The maximum Gasteiger partial charge on any atom is 0.230 e. The van der Waals surface area contributed by atoms with Gasteiger partial charge in [0, 0.05) is 42.8 Å². The molecule has 2 aliphatic rings. The number of unbranched alkanes of at least 4 members (excludes halogenated alkanes) is 4. The summed E-state index contributed by atoms with van der Waals surface area (Å²) < 4.78 is 0. The second-order valence-electron chi connectivity index (χ2n) is 8.78. The molecule has 1 amide bonds. The van der Waals surface area contributed by atoms with Gasteiger partial charge >= 0.3 is 0 Å². The number of rotatable bonds is 7. The molecule has 2 atom stereocenters. The molecule has 2 heterocycles. The van der Waals surface area contributed by atoms with Crippen molar-refractivity contribution in [3.8, 4) is 0 Å². The molecule has 1 aromatic carbocycles. The highest BCUT2D eigenvalue weighted by molar-refractivity contribution is 5.99. The van der Waals surface area contributed by atoms with Gasteiger partial charge in [-0.25, -0.2) is 0 Å². The van der Waals surface area contributed by atoms with Crippen LogP contribution in [0.1, 0.15) is 64.5 Å². The van der Waals surface area contributed by atoms with Crippen LogP contribution in [0.4, 0.5) is 0 Å². The van der Waals surface area contributed by atoms with Gasteiger partial charge in [-0.15, -0.1) is 0 Å². The zero-order valence-corrected chi connectivity index (χ0v) is 20.1. The molecule has 0 saturated carbocycles. The molecule has 1 N–H and O–H groups in total. The number of fused-ring (bicyclic) bond motifs is 2. The van der Waals surface area contributed by atoms with Gasteiger partial charge in [-0.1, -0.05) is 57.7 Å². The van der Waals surface area contributed by atoms with E-state index in [1.54, 1.807) is 0 Å². The molecule has 169 valence electrons. The van der Waals surface area contributed by atoms with E-state index in [2.05, 4.69) is 81.5 Å². The average molecular weight is 423 g/mol. The highest BCUT2D eigenvalue weighted by atomic mass is 16.2. The third kappa shape index (κ3) is 5.06. The molecule has 1 radical (unpaired) electrons. The van der Waals surface area contributed by atoms with Crippen molar-refractivity contribution in [1.82, 2.24) is 14.8 Å². The van der Waals surface area contributed by atoms with Gasteiger partial charge in [-0.05, 0) is 56.5 Å². The SMILES string of the molecule is CCN(CC)C(=O)[C@@H]1C=C2c3cccc4[nH]cc(c34)C[C@H]2N(C)C1.CC[CH]CCCC. The smallest absolute Gasteiger partial charge is 0.230 e. The number of H-pyrrole nitrogens is 1. The van der Waals surface area contributed by atoms with Gasteiger partial charge in [0.2, 0.25) is 5.91 Å². The number of amides is 1. The van der Waals surface area contributed by atoms with Crippen LogP contribution in [0.25, 0.3) is 16.5 Å². The molecule has 1 aromatic heterocycles.